The summed E-state index contributed by atoms with van der Waals surface area (Å²) in [6.07, 6.45) is 1.51. The van der Waals surface area contributed by atoms with Gasteiger partial charge in [0.1, 0.15) is 5.75 Å². The lowest BCUT2D eigenvalue weighted by Gasteiger charge is -1.89. The molecule has 0 aliphatic carbocycles. The summed E-state index contributed by atoms with van der Waals surface area (Å²) in [7, 11) is 0. The van der Waals surface area contributed by atoms with Gasteiger partial charge < -0.3 is 5.11 Å². The average molecular weight is 108 g/mol. The molecule has 0 saturated heterocycles. The van der Waals surface area contributed by atoms with Gasteiger partial charge in [0, 0.05) is 18.0 Å². The standard InChI is InChI=1S/C6H6NO/c1-5-4-6(8)2-3-7-5/h2-4H,1H2,(H,7,8). The molecule has 1 radical (unpaired) electrons. The summed E-state index contributed by atoms with van der Waals surface area (Å²) >= 11 is 0. The van der Waals surface area contributed by atoms with Crippen molar-refractivity contribution < 1.29 is 5.11 Å². The van der Waals surface area contributed by atoms with Crippen LogP contribution in [0.4, 0.5) is 0 Å². The minimum Gasteiger partial charge on any atom is -0.508 e. The molecule has 8 heavy (non-hydrogen) atoms. The van der Waals surface area contributed by atoms with E-state index in [-0.39, 0.29) is 5.75 Å². The van der Waals surface area contributed by atoms with Crippen molar-refractivity contribution in [1.82, 2.24) is 4.98 Å². The number of rotatable bonds is 0. The molecule has 0 amide bonds. The Morgan fingerprint density at radius 2 is 2.38 bits per heavy atom. The van der Waals surface area contributed by atoms with Crippen LogP contribution < -0.4 is 0 Å². The molecule has 0 saturated carbocycles. The lowest BCUT2D eigenvalue weighted by molar-refractivity contribution is 0.474. The normalized spacial score (nSPS) is 9.12. The van der Waals surface area contributed by atoms with Crippen LogP contribution in [0.25, 0.3) is 0 Å². The van der Waals surface area contributed by atoms with Crippen LogP contribution >= 0.6 is 0 Å². The van der Waals surface area contributed by atoms with Crippen LogP contribution in [0, 0.1) is 6.92 Å². The van der Waals surface area contributed by atoms with Crippen LogP contribution in [0.2, 0.25) is 0 Å². The Morgan fingerprint density at radius 3 is 2.75 bits per heavy atom. The molecule has 1 N–H and O–H groups in total. The Balaban J connectivity index is 3.08. The van der Waals surface area contributed by atoms with E-state index in [0.29, 0.717) is 5.69 Å². The third-order valence-corrected chi connectivity index (χ3v) is 0.800. The Bertz CT molecular complexity index is 168. The van der Waals surface area contributed by atoms with Crippen LogP contribution in [0.15, 0.2) is 18.3 Å². The molecule has 1 aromatic rings. The first-order chi connectivity index (χ1) is 3.79. The van der Waals surface area contributed by atoms with Gasteiger partial charge in [-0.2, -0.15) is 0 Å². The van der Waals surface area contributed by atoms with E-state index < -0.39 is 0 Å². The Labute approximate surface area is 47.8 Å². The first-order valence-corrected chi connectivity index (χ1v) is 2.26. The molecule has 0 spiro atoms. The summed E-state index contributed by atoms with van der Waals surface area (Å²) in [4.78, 5) is 3.77. The second-order valence-electron chi connectivity index (χ2n) is 1.51. The third kappa shape index (κ3) is 0.964. The van der Waals surface area contributed by atoms with E-state index in [2.05, 4.69) is 11.9 Å². The zero-order valence-corrected chi connectivity index (χ0v) is 4.33. The van der Waals surface area contributed by atoms with Gasteiger partial charge in [0.2, 0.25) is 0 Å². The molecular weight excluding hydrogens is 102 g/mol. The molecular formula is C6H6NO. The minimum atomic E-state index is 0.213. The molecule has 1 heterocycles. The quantitative estimate of drug-likeness (QED) is 0.537. The highest BCUT2D eigenvalue weighted by Gasteiger charge is 1.84. The van der Waals surface area contributed by atoms with Gasteiger partial charge in [0.15, 0.2) is 0 Å². The monoisotopic (exact) mass is 108 g/mol. The number of hydrogen-bond acceptors (Lipinski definition) is 2. The van der Waals surface area contributed by atoms with Gasteiger partial charge in [-0.05, 0) is 13.0 Å². The lowest BCUT2D eigenvalue weighted by Crippen LogP contribution is -1.75. The molecule has 2 heteroatoms. The number of hydrogen-bond donors (Lipinski definition) is 1. The van der Waals surface area contributed by atoms with Gasteiger partial charge in [0.05, 0.1) is 0 Å². The Morgan fingerprint density at radius 1 is 1.62 bits per heavy atom. The highest BCUT2D eigenvalue weighted by Crippen LogP contribution is 2.05. The fraction of sp³-hybridized carbons (Fsp3) is 0. The van der Waals surface area contributed by atoms with Crippen LogP contribution in [-0.2, 0) is 0 Å². The largest absolute Gasteiger partial charge is 0.508 e. The fourth-order valence-electron chi connectivity index (χ4n) is 0.465. The number of pyridine rings is 1. The topological polar surface area (TPSA) is 33.1 Å². The zero-order chi connectivity index (χ0) is 5.98. The molecule has 0 aliphatic rings. The van der Waals surface area contributed by atoms with E-state index in [4.69, 9.17) is 5.11 Å². The van der Waals surface area contributed by atoms with Crippen LogP contribution in [-0.4, -0.2) is 10.1 Å². The van der Waals surface area contributed by atoms with E-state index >= 15 is 0 Å². The van der Waals surface area contributed by atoms with Gasteiger partial charge >= 0.3 is 0 Å². The van der Waals surface area contributed by atoms with E-state index in [1.54, 1.807) is 0 Å². The second kappa shape index (κ2) is 1.82. The molecule has 0 bridgehead atoms. The van der Waals surface area contributed by atoms with Crippen molar-refractivity contribution in [3.63, 3.8) is 0 Å². The molecule has 0 aliphatic heterocycles. The molecule has 0 aromatic carbocycles. The molecule has 0 fully saturated rings. The van der Waals surface area contributed by atoms with Gasteiger partial charge in [-0.1, -0.05) is 0 Å². The molecule has 41 valence electrons. The van der Waals surface area contributed by atoms with Crippen LogP contribution in [0.3, 0.4) is 0 Å². The van der Waals surface area contributed by atoms with Crippen LogP contribution in [0.1, 0.15) is 5.69 Å². The number of aromatic hydroxyl groups is 1. The predicted molar refractivity (Wildman–Crippen MR) is 30.4 cm³/mol. The molecule has 2 nitrogen and oxygen atoms in total. The maximum Gasteiger partial charge on any atom is 0.118 e. The highest BCUT2D eigenvalue weighted by atomic mass is 16.3. The summed E-state index contributed by atoms with van der Waals surface area (Å²) in [6.45, 7) is 3.51. The average Bonchev–Trinajstić information content (AvgIpc) is 1.64. The molecule has 0 unspecified atom stereocenters. The van der Waals surface area contributed by atoms with Crippen molar-refractivity contribution in [2.75, 3.05) is 0 Å². The maximum atomic E-state index is 8.73. The van der Waals surface area contributed by atoms with E-state index in [1.807, 2.05) is 0 Å². The molecule has 1 rings (SSSR count). The van der Waals surface area contributed by atoms with Crippen molar-refractivity contribution in [2.24, 2.45) is 0 Å². The summed E-state index contributed by atoms with van der Waals surface area (Å²) in [5, 5.41) is 8.73. The molecule has 0 atom stereocenters. The SMILES string of the molecule is [CH2]c1cc(O)ccn1. The van der Waals surface area contributed by atoms with E-state index in [9.17, 15) is 0 Å². The van der Waals surface area contributed by atoms with Crippen molar-refractivity contribution in [3.05, 3.63) is 30.9 Å². The first-order valence-electron chi connectivity index (χ1n) is 2.26. The fourth-order valence-corrected chi connectivity index (χ4v) is 0.465. The van der Waals surface area contributed by atoms with Crippen LogP contribution in [0.5, 0.6) is 5.75 Å². The summed E-state index contributed by atoms with van der Waals surface area (Å²) in [5.41, 5.74) is 0.588. The second-order valence-corrected chi connectivity index (χ2v) is 1.51. The predicted octanol–water partition coefficient (Wildman–Crippen LogP) is 0.969. The number of aromatic nitrogens is 1. The van der Waals surface area contributed by atoms with Crippen molar-refractivity contribution >= 4 is 0 Å². The van der Waals surface area contributed by atoms with Gasteiger partial charge in [-0.25, -0.2) is 0 Å². The van der Waals surface area contributed by atoms with Crippen molar-refractivity contribution in [3.8, 4) is 5.75 Å². The summed E-state index contributed by atoms with van der Waals surface area (Å²) < 4.78 is 0. The smallest absolute Gasteiger partial charge is 0.118 e. The summed E-state index contributed by atoms with van der Waals surface area (Å²) in [6, 6.07) is 3.01. The van der Waals surface area contributed by atoms with Gasteiger partial charge in [-0.15, -0.1) is 0 Å². The highest BCUT2D eigenvalue weighted by molar-refractivity contribution is 5.21. The Kier molecular flexibility index (Phi) is 1.16. The van der Waals surface area contributed by atoms with E-state index in [0.717, 1.165) is 0 Å². The summed E-state index contributed by atoms with van der Waals surface area (Å²) in [5.74, 6) is 0.213. The number of nitrogens with zero attached hydrogens (tertiary/aromatic N) is 1. The van der Waals surface area contributed by atoms with E-state index in [1.165, 1.54) is 18.3 Å². The lowest BCUT2D eigenvalue weighted by atomic mass is 10.4. The van der Waals surface area contributed by atoms with Gasteiger partial charge in [-0.3, -0.25) is 4.98 Å². The first kappa shape index (κ1) is 5.09. The zero-order valence-electron chi connectivity index (χ0n) is 4.33. The van der Waals surface area contributed by atoms with Gasteiger partial charge in [0.25, 0.3) is 0 Å². The van der Waals surface area contributed by atoms with Crippen molar-refractivity contribution in [1.29, 1.82) is 0 Å². The van der Waals surface area contributed by atoms with Crippen molar-refractivity contribution in [2.45, 2.75) is 0 Å². The minimum absolute atomic E-state index is 0.213. The molecule has 1 aromatic heterocycles. The third-order valence-electron chi connectivity index (χ3n) is 0.800. The Hall–Kier alpha value is -1.05. The maximum absolute atomic E-state index is 8.73.